The number of benzene rings is 1. The van der Waals surface area contributed by atoms with Gasteiger partial charge in [-0.2, -0.15) is 0 Å². The number of ether oxygens (including phenoxy) is 1. The van der Waals surface area contributed by atoms with Crippen molar-refractivity contribution >= 4 is 17.6 Å². The zero-order chi connectivity index (χ0) is 23.6. The zero-order valence-corrected chi connectivity index (χ0v) is 20.8. The molecule has 3 heterocycles. The van der Waals surface area contributed by atoms with Gasteiger partial charge in [0.2, 0.25) is 0 Å². The molecule has 33 heavy (non-hydrogen) atoms. The number of pyridine rings is 1. The molecule has 2 aliphatic heterocycles. The van der Waals surface area contributed by atoms with Crippen molar-refractivity contribution in [3.63, 3.8) is 0 Å². The van der Waals surface area contributed by atoms with Crippen molar-refractivity contribution in [3.8, 4) is 0 Å². The normalized spacial score (nSPS) is 17.9. The number of rotatable bonds is 3. The van der Waals surface area contributed by atoms with Crippen LogP contribution in [-0.4, -0.2) is 58.7 Å². The molecule has 6 heteroatoms. The number of hydrogen-bond donors (Lipinski definition) is 1. The average molecular weight is 451 g/mol. The second-order valence-electron chi connectivity index (χ2n) is 10.6. The molecule has 0 spiro atoms. The van der Waals surface area contributed by atoms with Crippen LogP contribution in [0.4, 0.5) is 16.3 Å². The summed E-state index contributed by atoms with van der Waals surface area (Å²) in [7, 11) is 0. The van der Waals surface area contributed by atoms with Crippen LogP contribution in [-0.2, 0) is 17.6 Å². The van der Waals surface area contributed by atoms with Crippen LogP contribution in [0.2, 0.25) is 0 Å². The number of nitrogens with one attached hydrogen (secondary N) is 1. The number of amides is 1. The van der Waals surface area contributed by atoms with E-state index < -0.39 is 5.60 Å². The third kappa shape index (κ3) is 6.26. The fourth-order valence-corrected chi connectivity index (χ4v) is 4.99. The SMILES string of the molecule is Cc1cc(C)cc(Nc2cc3c(cn2)CCN(C2CCN(C(=O)OC(C)(C)C)CC2)CC3)c1. The van der Waals surface area contributed by atoms with Crippen molar-refractivity contribution in [2.45, 2.75) is 71.9 Å². The van der Waals surface area contributed by atoms with Gasteiger partial charge in [0.05, 0.1) is 0 Å². The van der Waals surface area contributed by atoms with Gasteiger partial charge in [-0.1, -0.05) is 6.07 Å². The highest BCUT2D eigenvalue weighted by molar-refractivity contribution is 5.68. The van der Waals surface area contributed by atoms with E-state index in [0.29, 0.717) is 6.04 Å². The summed E-state index contributed by atoms with van der Waals surface area (Å²) in [5.41, 5.74) is 5.90. The van der Waals surface area contributed by atoms with Crippen LogP contribution < -0.4 is 5.32 Å². The van der Waals surface area contributed by atoms with E-state index in [1.165, 1.54) is 22.3 Å². The first-order valence-electron chi connectivity index (χ1n) is 12.2. The Morgan fingerprint density at radius 3 is 2.24 bits per heavy atom. The maximum Gasteiger partial charge on any atom is 0.410 e. The van der Waals surface area contributed by atoms with Gasteiger partial charge >= 0.3 is 6.09 Å². The molecule has 0 bridgehead atoms. The Bertz CT molecular complexity index is 970. The number of hydrogen-bond acceptors (Lipinski definition) is 5. The van der Waals surface area contributed by atoms with Crippen LogP contribution in [0.5, 0.6) is 0 Å². The van der Waals surface area contributed by atoms with Crippen molar-refractivity contribution in [1.82, 2.24) is 14.8 Å². The van der Waals surface area contributed by atoms with Crippen LogP contribution in [0, 0.1) is 13.8 Å². The topological polar surface area (TPSA) is 57.7 Å². The quantitative estimate of drug-likeness (QED) is 0.693. The fourth-order valence-electron chi connectivity index (χ4n) is 4.99. The molecule has 1 fully saturated rings. The van der Waals surface area contributed by atoms with Gasteiger partial charge in [-0.25, -0.2) is 9.78 Å². The van der Waals surface area contributed by atoms with Crippen LogP contribution in [0.3, 0.4) is 0 Å². The van der Waals surface area contributed by atoms with Gasteiger partial charge in [-0.05, 0) is 101 Å². The summed E-state index contributed by atoms with van der Waals surface area (Å²) in [6.45, 7) is 13.7. The lowest BCUT2D eigenvalue weighted by Gasteiger charge is -2.38. The Balaban J connectivity index is 1.34. The van der Waals surface area contributed by atoms with Gasteiger partial charge in [-0.3, -0.25) is 4.90 Å². The third-order valence-corrected chi connectivity index (χ3v) is 6.55. The average Bonchev–Trinajstić information content (AvgIpc) is 2.94. The summed E-state index contributed by atoms with van der Waals surface area (Å²) < 4.78 is 5.55. The Morgan fingerprint density at radius 1 is 0.970 bits per heavy atom. The number of nitrogens with zero attached hydrogens (tertiary/aromatic N) is 3. The van der Waals surface area contributed by atoms with Crippen molar-refractivity contribution in [2.75, 3.05) is 31.5 Å². The molecule has 4 rings (SSSR count). The predicted octanol–water partition coefficient (Wildman–Crippen LogP) is 5.24. The molecule has 0 aliphatic carbocycles. The molecule has 0 atom stereocenters. The minimum absolute atomic E-state index is 0.181. The molecule has 1 amide bonds. The van der Waals surface area contributed by atoms with E-state index in [2.05, 4.69) is 54.5 Å². The van der Waals surface area contributed by atoms with E-state index in [4.69, 9.17) is 9.72 Å². The molecule has 1 saturated heterocycles. The standard InChI is InChI=1S/C27H38N4O2/c1-19-14-20(2)16-23(15-19)29-25-17-21-6-10-30(11-7-22(21)18-28-25)24-8-12-31(13-9-24)26(32)33-27(3,4)5/h14-18,24H,6-13H2,1-5H3,(H,28,29). The van der Waals surface area contributed by atoms with E-state index >= 15 is 0 Å². The zero-order valence-electron chi connectivity index (χ0n) is 20.8. The third-order valence-electron chi connectivity index (χ3n) is 6.55. The van der Waals surface area contributed by atoms with Crippen molar-refractivity contribution in [3.05, 3.63) is 52.7 Å². The number of carbonyl (C=O) groups excluding carboxylic acids is 1. The molecule has 178 valence electrons. The molecular formula is C27H38N4O2. The molecule has 1 aromatic carbocycles. The number of piperidine rings is 1. The predicted molar refractivity (Wildman–Crippen MR) is 133 cm³/mol. The van der Waals surface area contributed by atoms with E-state index in [9.17, 15) is 4.79 Å². The lowest BCUT2D eigenvalue weighted by atomic mass is 10.0. The number of anilines is 2. The minimum atomic E-state index is -0.440. The number of aromatic nitrogens is 1. The highest BCUT2D eigenvalue weighted by atomic mass is 16.6. The Morgan fingerprint density at radius 2 is 1.61 bits per heavy atom. The fraction of sp³-hybridized carbons (Fsp3) is 0.556. The van der Waals surface area contributed by atoms with E-state index in [-0.39, 0.29) is 6.09 Å². The maximum atomic E-state index is 12.4. The number of fused-ring (bicyclic) bond motifs is 1. The van der Waals surface area contributed by atoms with E-state index in [0.717, 1.165) is 63.4 Å². The van der Waals surface area contributed by atoms with E-state index in [1.54, 1.807) is 0 Å². The maximum absolute atomic E-state index is 12.4. The van der Waals surface area contributed by atoms with Gasteiger partial charge in [0.25, 0.3) is 0 Å². The minimum Gasteiger partial charge on any atom is -0.444 e. The summed E-state index contributed by atoms with van der Waals surface area (Å²) in [6.07, 6.45) is 5.94. The van der Waals surface area contributed by atoms with Gasteiger partial charge in [0.1, 0.15) is 11.4 Å². The highest BCUT2D eigenvalue weighted by Gasteiger charge is 2.30. The Hall–Kier alpha value is -2.60. The van der Waals surface area contributed by atoms with Crippen molar-refractivity contribution in [1.29, 1.82) is 0 Å². The number of likely N-dealkylation sites (tertiary alicyclic amines) is 1. The largest absolute Gasteiger partial charge is 0.444 e. The van der Waals surface area contributed by atoms with Crippen LogP contribution in [0.25, 0.3) is 0 Å². The highest BCUT2D eigenvalue weighted by Crippen LogP contribution is 2.25. The molecule has 0 saturated carbocycles. The van der Waals surface area contributed by atoms with Crippen LogP contribution in [0.1, 0.15) is 55.9 Å². The lowest BCUT2D eigenvalue weighted by Crippen LogP contribution is -2.48. The van der Waals surface area contributed by atoms with Crippen LogP contribution >= 0.6 is 0 Å². The van der Waals surface area contributed by atoms with Crippen molar-refractivity contribution in [2.24, 2.45) is 0 Å². The molecule has 2 aromatic rings. The second-order valence-corrected chi connectivity index (χ2v) is 10.6. The molecular weight excluding hydrogens is 412 g/mol. The van der Waals surface area contributed by atoms with E-state index in [1.807, 2.05) is 25.7 Å². The second kappa shape index (κ2) is 9.72. The summed E-state index contributed by atoms with van der Waals surface area (Å²) in [4.78, 5) is 21.6. The number of aryl methyl sites for hydroxylation is 2. The summed E-state index contributed by atoms with van der Waals surface area (Å²) in [5.74, 6) is 0.915. The molecule has 1 N–H and O–H groups in total. The monoisotopic (exact) mass is 450 g/mol. The summed E-state index contributed by atoms with van der Waals surface area (Å²) in [5, 5.41) is 3.49. The molecule has 0 radical (unpaired) electrons. The molecule has 2 aliphatic rings. The first kappa shape index (κ1) is 23.6. The molecule has 1 aromatic heterocycles. The van der Waals surface area contributed by atoms with Gasteiger partial charge in [-0.15, -0.1) is 0 Å². The van der Waals surface area contributed by atoms with Crippen LogP contribution in [0.15, 0.2) is 30.5 Å². The Labute approximate surface area is 198 Å². The van der Waals surface area contributed by atoms with Crippen molar-refractivity contribution < 1.29 is 9.53 Å². The first-order chi connectivity index (χ1) is 15.7. The molecule has 0 unspecified atom stereocenters. The van der Waals surface area contributed by atoms with Gasteiger partial charge in [0, 0.05) is 44.1 Å². The van der Waals surface area contributed by atoms with Gasteiger partial charge in [0.15, 0.2) is 0 Å². The Kier molecular flexibility index (Phi) is 6.94. The summed E-state index contributed by atoms with van der Waals surface area (Å²) in [6, 6.07) is 9.25. The lowest BCUT2D eigenvalue weighted by molar-refractivity contribution is 0.0145. The van der Waals surface area contributed by atoms with Gasteiger partial charge < -0.3 is 15.0 Å². The first-order valence-corrected chi connectivity index (χ1v) is 12.2. The number of carbonyl (C=O) groups is 1. The summed E-state index contributed by atoms with van der Waals surface area (Å²) >= 11 is 0. The smallest absolute Gasteiger partial charge is 0.410 e. The molecule has 6 nitrogen and oxygen atoms in total.